The van der Waals surface area contributed by atoms with E-state index in [1.807, 2.05) is 5.32 Å². The Morgan fingerprint density at radius 1 is 0.958 bits per heavy atom. The monoisotopic (exact) mass is 361 g/mol. The Kier molecular flexibility index (Phi) is 4.93. The van der Waals surface area contributed by atoms with Crippen LogP contribution in [-0.4, -0.2) is 19.6 Å². The van der Waals surface area contributed by atoms with E-state index in [0.29, 0.717) is 18.2 Å². The van der Waals surface area contributed by atoms with E-state index >= 15 is 0 Å². The van der Waals surface area contributed by atoms with Crippen molar-refractivity contribution in [3.05, 3.63) is 59.7 Å². The Morgan fingerprint density at radius 3 is 2.12 bits per heavy atom. The Morgan fingerprint density at radius 2 is 1.50 bits per heavy atom. The van der Waals surface area contributed by atoms with Gasteiger partial charge in [-0.25, -0.2) is 26.0 Å². The van der Waals surface area contributed by atoms with Gasteiger partial charge < -0.3 is 5.32 Å². The van der Waals surface area contributed by atoms with Gasteiger partial charge in [0, 0.05) is 6.07 Å². The van der Waals surface area contributed by atoms with Crippen molar-refractivity contribution in [2.45, 2.75) is 17.1 Å². The van der Waals surface area contributed by atoms with Crippen LogP contribution in [0.2, 0.25) is 0 Å². The second-order valence-electron chi connectivity index (χ2n) is 4.88. The third-order valence-electron chi connectivity index (χ3n) is 3.22. The van der Waals surface area contributed by atoms with E-state index in [-0.39, 0.29) is 0 Å². The lowest BCUT2D eigenvalue weighted by Gasteiger charge is -2.14. The molecule has 0 bridgehead atoms. The molecule has 1 amide bonds. The first-order valence-electron chi connectivity index (χ1n) is 6.58. The minimum absolute atomic E-state index is 0.442. The van der Waals surface area contributed by atoms with Gasteiger partial charge in [0.2, 0.25) is 5.91 Å². The maximum Gasteiger partial charge on any atom is 0.242 e. The average molecular weight is 361 g/mol. The minimum atomic E-state index is -4.58. The predicted octanol–water partition coefficient (Wildman–Crippen LogP) is 3.04. The zero-order valence-electron chi connectivity index (χ0n) is 12.2. The number of sulfone groups is 1. The van der Waals surface area contributed by atoms with E-state index in [0.717, 1.165) is 25.1 Å². The second kappa shape index (κ2) is 6.60. The number of carbonyl (C=O) groups is 1. The highest BCUT2D eigenvalue weighted by molar-refractivity contribution is 7.92. The van der Waals surface area contributed by atoms with Crippen molar-refractivity contribution in [3.8, 4) is 0 Å². The van der Waals surface area contributed by atoms with Crippen LogP contribution in [0.15, 0.2) is 41.3 Å². The maximum absolute atomic E-state index is 13.6. The van der Waals surface area contributed by atoms with Crippen LogP contribution in [0.1, 0.15) is 6.92 Å². The number of hydrogen-bond acceptors (Lipinski definition) is 3. The molecule has 0 aliphatic heterocycles. The topological polar surface area (TPSA) is 63.2 Å². The molecule has 128 valence electrons. The molecule has 0 aromatic heterocycles. The number of amides is 1. The third kappa shape index (κ3) is 3.56. The Hall–Kier alpha value is -2.42. The quantitative estimate of drug-likeness (QED) is 0.852. The SMILES string of the molecule is C[C@H](C(=O)Nc1cc(F)ccc1F)S(=O)(=O)c1cc(F)ccc1F. The van der Waals surface area contributed by atoms with Gasteiger partial charge in [-0.15, -0.1) is 0 Å². The van der Waals surface area contributed by atoms with Crippen molar-refractivity contribution in [1.82, 2.24) is 0 Å². The Balaban J connectivity index is 2.32. The van der Waals surface area contributed by atoms with Gasteiger partial charge in [-0.2, -0.15) is 0 Å². The van der Waals surface area contributed by atoms with Crippen LogP contribution in [-0.2, 0) is 14.6 Å². The highest BCUT2D eigenvalue weighted by atomic mass is 32.2. The van der Waals surface area contributed by atoms with Crippen molar-refractivity contribution in [3.63, 3.8) is 0 Å². The van der Waals surface area contributed by atoms with Gasteiger partial charge in [0.25, 0.3) is 0 Å². The van der Waals surface area contributed by atoms with Gasteiger partial charge in [0.05, 0.1) is 5.69 Å². The van der Waals surface area contributed by atoms with E-state index in [4.69, 9.17) is 0 Å². The number of rotatable bonds is 4. The standard InChI is InChI=1S/C15H11F4NO3S/c1-8(15(21)20-13-6-9(16)2-4-11(13)18)24(22,23)14-7-10(17)3-5-12(14)19/h2-8H,1H3,(H,20,21)/t8-/m1/s1. The van der Waals surface area contributed by atoms with Crippen LogP contribution in [0.3, 0.4) is 0 Å². The van der Waals surface area contributed by atoms with E-state index in [9.17, 15) is 30.8 Å². The van der Waals surface area contributed by atoms with Crippen molar-refractivity contribution in [2.24, 2.45) is 0 Å². The summed E-state index contributed by atoms with van der Waals surface area (Å²) in [6.07, 6.45) is 0. The molecule has 0 spiro atoms. The molecule has 1 atom stereocenters. The largest absolute Gasteiger partial charge is 0.322 e. The van der Waals surface area contributed by atoms with E-state index < -0.39 is 54.8 Å². The third-order valence-corrected chi connectivity index (χ3v) is 5.29. The Labute approximate surface area is 135 Å². The zero-order chi connectivity index (χ0) is 18.1. The minimum Gasteiger partial charge on any atom is -0.322 e. The predicted molar refractivity (Wildman–Crippen MR) is 78.0 cm³/mol. The molecule has 2 aromatic carbocycles. The first-order chi connectivity index (χ1) is 11.1. The highest BCUT2D eigenvalue weighted by Crippen LogP contribution is 2.22. The molecule has 24 heavy (non-hydrogen) atoms. The van der Waals surface area contributed by atoms with Crippen LogP contribution in [0.25, 0.3) is 0 Å². The number of nitrogens with one attached hydrogen (secondary N) is 1. The van der Waals surface area contributed by atoms with Gasteiger partial charge in [-0.3, -0.25) is 4.79 Å². The molecule has 0 aliphatic carbocycles. The van der Waals surface area contributed by atoms with Crippen LogP contribution in [0, 0.1) is 23.3 Å². The van der Waals surface area contributed by atoms with Gasteiger partial charge in [-0.1, -0.05) is 0 Å². The first-order valence-corrected chi connectivity index (χ1v) is 8.12. The summed E-state index contributed by atoms with van der Waals surface area (Å²) >= 11 is 0. The average Bonchev–Trinajstić information content (AvgIpc) is 2.52. The number of anilines is 1. The Bertz CT molecular complexity index is 900. The number of hydrogen-bond donors (Lipinski definition) is 1. The van der Waals surface area contributed by atoms with E-state index in [2.05, 4.69) is 0 Å². The zero-order valence-corrected chi connectivity index (χ0v) is 13.0. The lowest BCUT2D eigenvalue weighted by molar-refractivity contribution is -0.115. The summed E-state index contributed by atoms with van der Waals surface area (Å²) < 4.78 is 77.9. The molecular formula is C15H11F4NO3S. The van der Waals surface area contributed by atoms with Gasteiger partial charge >= 0.3 is 0 Å². The summed E-state index contributed by atoms with van der Waals surface area (Å²) in [5.74, 6) is -5.28. The van der Waals surface area contributed by atoms with E-state index in [1.165, 1.54) is 0 Å². The van der Waals surface area contributed by atoms with Crippen LogP contribution >= 0.6 is 0 Å². The van der Waals surface area contributed by atoms with Crippen molar-refractivity contribution < 1.29 is 30.8 Å². The first kappa shape index (κ1) is 17.9. The van der Waals surface area contributed by atoms with Crippen molar-refractivity contribution in [1.29, 1.82) is 0 Å². The normalized spacial score (nSPS) is 12.7. The molecule has 4 nitrogen and oxygen atoms in total. The molecule has 2 rings (SSSR count). The lowest BCUT2D eigenvalue weighted by Crippen LogP contribution is -2.33. The highest BCUT2D eigenvalue weighted by Gasteiger charge is 2.32. The molecule has 0 unspecified atom stereocenters. The molecule has 0 saturated carbocycles. The molecule has 1 N–H and O–H groups in total. The smallest absolute Gasteiger partial charge is 0.242 e. The van der Waals surface area contributed by atoms with Gasteiger partial charge in [0.1, 0.15) is 33.4 Å². The summed E-state index contributed by atoms with van der Waals surface area (Å²) in [4.78, 5) is 11.0. The molecule has 0 saturated heterocycles. The van der Waals surface area contributed by atoms with Gasteiger partial charge in [-0.05, 0) is 37.3 Å². The number of halogens is 4. The van der Waals surface area contributed by atoms with Crippen molar-refractivity contribution >= 4 is 21.4 Å². The fourth-order valence-electron chi connectivity index (χ4n) is 1.85. The maximum atomic E-state index is 13.6. The molecular weight excluding hydrogens is 350 g/mol. The van der Waals surface area contributed by atoms with Gasteiger partial charge in [0.15, 0.2) is 9.84 Å². The summed E-state index contributed by atoms with van der Waals surface area (Å²) in [5.41, 5.74) is -0.568. The molecule has 0 aliphatic rings. The summed E-state index contributed by atoms with van der Waals surface area (Å²) in [6.45, 7) is 0.923. The molecule has 0 heterocycles. The molecule has 9 heteroatoms. The number of carbonyl (C=O) groups excluding carboxylic acids is 1. The van der Waals surface area contributed by atoms with Crippen molar-refractivity contribution in [2.75, 3.05) is 5.32 Å². The summed E-state index contributed by atoms with van der Waals surface area (Å²) in [5, 5.41) is 0.0471. The summed E-state index contributed by atoms with van der Waals surface area (Å²) in [6, 6.07) is 4.00. The fourth-order valence-corrected chi connectivity index (χ4v) is 3.19. The van der Waals surface area contributed by atoms with Crippen LogP contribution in [0.5, 0.6) is 0 Å². The molecule has 0 fully saturated rings. The van der Waals surface area contributed by atoms with Crippen LogP contribution < -0.4 is 5.32 Å². The summed E-state index contributed by atoms with van der Waals surface area (Å²) in [7, 11) is -4.58. The molecule has 0 radical (unpaired) electrons. The number of benzene rings is 2. The van der Waals surface area contributed by atoms with E-state index in [1.54, 1.807) is 0 Å². The second-order valence-corrected chi connectivity index (χ2v) is 7.11. The fraction of sp³-hybridized carbons (Fsp3) is 0.133. The molecule has 2 aromatic rings. The lowest BCUT2D eigenvalue weighted by atomic mass is 10.3. The van der Waals surface area contributed by atoms with Crippen LogP contribution in [0.4, 0.5) is 23.2 Å².